The molecule has 0 aromatic rings. The Balaban J connectivity index is 2.92. The second-order valence-electron chi connectivity index (χ2n) is 5.54. The van der Waals surface area contributed by atoms with Gasteiger partial charge in [0.05, 0.1) is 12.2 Å². The molecule has 16 heavy (non-hydrogen) atoms. The van der Waals surface area contributed by atoms with Gasteiger partial charge in [-0.3, -0.25) is 10.1 Å². The Labute approximate surface area is 99.6 Å². The van der Waals surface area contributed by atoms with Crippen LogP contribution in [0.3, 0.4) is 0 Å². The summed E-state index contributed by atoms with van der Waals surface area (Å²) in [6.07, 6.45) is 1.23. The van der Waals surface area contributed by atoms with E-state index in [0.29, 0.717) is 17.9 Å². The number of carbonyl (C=O) groups excluding carboxylic acids is 1. The lowest BCUT2D eigenvalue weighted by atomic mass is 9.98. The third-order valence-electron chi connectivity index (χ3n) is 3.52. The van der Waals surface area contributed by atoms with Gasteiger partial charge in [0.1, 0.15) is 0 Å². The summed E-state index contributed by atoms with van der Waals surface area (Å²) < 4.78 is 0. The quantitative estimate of drug-likeness (QED) is 0.797. The molecule has 1 rings (SSSR count). The number of hydrogen-bond donors (Lipinski definition) is 1. The first-order chi connectivity index (χ1) is 7.40. The molecule has 3 heteroatoms. The molecular weight excluding hydrogens is 200 g/mol. The SMILES string of the molecule is CCC(C(C)C)N1C(=O)C(C)NC1C(C)C. The van der Waals surface area contributed by atoms with Crippen molar-refractivity contribution >= 4 is 5.91 Å². The van der Waals surface area contributed by atoms with E-state index in [-0.39, 0.29) is 18.1 Å². The van der Waals surface area contributed by atoms with Gasteiger partial charge in [-0.25, -0.2) is 0 Å². The first-order valence-electron chi connectivity index (χ1n) is 6.48. The highest BCUT2D eigenvalue weighted by atomic mass is 16.2. The Bertz CT molecular complexity index is 240. The van der Waals surface area contributed by atoms with Gasteiger partial charge in [-0.05, 0) is 25.2 Å². The van der Waals surface area contributed by atoms with Gasteiger partial charge in [0.15, 0.2) is 0 Å². The van der Waals surface area contributed by atoms with Crippen molar-refractivity contribution in [3.8, 4) is 0 Å². The summed E-state index contributed by atoms with van der Waals surface area (Å²) in [5.41, 5.74) is 0. The van der Waals surface area contributed by atoms with Crippen LogP contribution in [0.2, 0.25) is 0 Å². The number of carbonyl (C=O) groups is 1. The van der Waals surface area contributed by atoms with Gasteiger partial charge in [0, 0.05) is 6.04 Å². The van der Waals surface area contributed by atoms with Crippen molar-refractivity contribution < 1.29 is 4.79 Å². The van der Waals surface area contributed by atoms with Crippen molar-refractivity contribution in [2.75, 3.05) is 0 Å². The smallest absolute Gasteiger partial charge is 0.240 e. The third-order valence-corrected chi connectivity index (χ3v) is 3.52. The van der Waals surface area contributed by atoms with E-state index in [1.54, 1.807) is 0 Å². The molecule has 3 atom stereocenters. The summed E-state index contributed by atoms with van der Waals surface area (Å²) in [4.78, 5) is 14.3. The van der Waals surface area contributed by atoms with Crippen LogP contribution < -0.4 is 5.32 Å². The van der Waals surface area contributed by atoms with Gasteiger partial charge < -0.3 is 4.90 Å². The Hall–Kier alpha value is -0.570. The molecule has 1 fully saturated rings. The Morgan fingerprint density at radius 1 is 1.31 bits per heavy atom. The van der Waals surface area contributed by atoms with Crippen LogP contribution in [0.5, 0.6) is 0 Å². The van der Waals surface area contributed by atoms with Crippen LogP contribution in [0.15, 0.2) is 0 Å². The van der Waals surface area contributed by atoms with E-state index in [0.717, 1.165) is 6.42 Å². The molecule has 1 N–H and O–H groups in total. The predicted molar refractivity (Wildman–Crippen MR) is 67.0 cm³/mol. The highest BCUT2D eigenvalue weighted by molar-refractivity contribution is 5.84. The molecule has 0 aromatic heterocycles. The fourth-order valence-electron chi connectivity index (χ4n) is 2.64. The Kier molecular flexibility index (Phi) is 4.36. The fraction of sp³-hybridized carbons (Fsp3) is 0.923. The fourth-order valence-corrected chi connectivity index (χ4v) is 2.64. The average molecular weight is 226 g/mol. The van der Waals surface area contributed by atoms with Crippen LogP contribution >= 0.6 is 0 Å². The Morgan fingerprint density at radius 2 is 1.88 bits per heavy atom. The van der Waals surface area contributed by atoms with Crippen molar-refractivity contribution in [1.82, 2.24) is 10.2 Å². The van der Waals surface area contributed by atoms with E-state index in [1.165, 1.54) is 0 Å². The highest BCUT2D eigenvalue weighted by Crippen LogP contribution is 2.25. The van der Waals surface area contributed by atoms with Gasteiger partial charge in [0.25, 0.3) is 0 Å². The zero-order valence-electron chi connectivity index (χ0n) is 11.4. The summed E-state index contributed by atoms with van der Waals surface area (Å²) in [5.74, 6) is 1.24. The van der Waals surface area contributed by atoms with E-state index in [2.05, 4.69) is 44.8 Å². The van der Waals surface area contributed by atoms with Crippen molar-refractivity contribution in [3.05, 3.63) is 0 Å². The molecule has 0 bridgehead atoms. The predicted octanol–water partition coefficient (Wildman–Crippen LogP) is 2.22. The van der Waals surface area contributed by atoms with Crippen molar-refractivity contribution in [2.24, 2.45) is 11.8 Å². The highest BCUT2D eigenvalue weighted by Gasteiger charge is 2.41. The summed E-state index contributed by atoms with van der Waals surface area (Å²) in [6.45, 7) is 12.9. The number of rotatable bonds is 4. The summed E-state index contributed by atoms with van der Waals surface area (Å²) >= 11 is 0. The van der Waals surface area contributed by atoms with Gasteiger partial charge >= 0.3 is 0 Å². The van der Waals surface area contributed by atoms with Gasteiger partial charge in [-0.15, -0.1) is 0 Å². The van der Waals surface area contributed by atoms with Crippen LogP contribution in [0.4, 0.5) is 0 Å². The lowest BCUT2D eigenvalue weighted by molar-refractivity contribution is -0.133. The molecule has 3 nitrogen and oxygen atoms in total. The normalized spacial score (nSPS) is 28.2. The lowest BCUT2D eigenvalue weighted by Gasteiger charge is -2.36. The molecule has 0 aliphatic carbocycles. The van der Waals surface area contributed by atoms with E-state index >= 15 is 0 Å². The molecule has 0 aromatic carbocycles. The minimum absolute atomic E-state index is 0.0276. The number of nitrogens with one attached hydrogen (secondary N) is 1. The first-order valence-corrected chi connectivity index (χ1v) is 6.48. The topological polar surface area (TPSA) is 32.3 Å². The second-order valence-corrected chi connectivity index (χ2v) is 5.54. The molecule has 1 amide bonds. The summed E-state index contributed by atoms with van der Waals surface area (Å²) in [5, 5.41) is 3.40. The minimum atomic E-state index is -0.0276. The second kappa shape index (κ2) is 5.17. The van der Waals surface area contributed by atoms with E-state index < -0.39 is 0 Å². The Morgan fingerprint density at radius 3 is 2.25 bits per heavy atom. The monoisotopic (exact) mass is 226 g/mol. The summed E-state index contributed by atoms with van der Waals surface area (Å²) in [6, 6.07) is 0.331. The lowest BCUT2D eigenvalue weighted by Crippen LogP contribution is -2.49. The largest absolute Gasteiger partial charge is 0.322 e. The first kappa shape index (κ1) is 13.5. The van der Waals surface area contributed by atoms with Crippen molar-refractivity contribution in [3.63, 3.8) is 0 Å². The zero-order chi connectivity index (χ0) is 12.5. The van der Waals surface area contributed by atoms with Crippen molar-refractivity contribution in [1.29, 1.82) is 0 Å². The maximum Gasteiger partial charge on any atom is 0.240 e. The van der Waals surface area contributed by atoms with Crippen LogP contribution in [0.25, 0.3) is 0 Å². The van der Waals surface area contributed by atoms with Crippen molar-refractivity contribution in [2.45, 2.75) is 66.2 Å². The zero-order valence-corrected chi connectivity index (χ0v) is 11.4. The molecule has 1 saturated heterocycles. The molecule has 3 unspecified atom stereocenters. The van der Waals surface area contributed by atoms with Crippen LogP contribution in [0.1, 0.15) is 48.0 Å². The molecular formula is C13H26N2O. The van der Waals surface area contributed by atoms with Crippen LogP contribution in [0, 0.1) is 11.8 Å². The maximum atomic E-state index is 12.2. The van der Waals surface area contributed by atoms with Gasteiger partial charge in [-0.1, -0.05) is 34.6 Å². The number of nitrogens with zero attached hydrogens (tertiary/aromatic N) is 1. The van der Waals surface area contributed by atoms with E-state index in [9.17, 15) is 4.79 Å². The summed E-state index contributed by atoms with van der Waals surface area (Å²) in [7, 11) is 0. The standard InChI is InChI=1S/C13H26N2O/c1-7-11(8(2)3)15-12(9(4)5)14-10(6)13(15)16/h8-12,14H,7H2,1-6H3. The minimum Gasteiger partial charge on any atom is -0.322 e. The number of amides is 1. The van der Waals surface area contributed by atoms with E-state index in [4.69, 9.17) is 0 Å². The molecule has 1 aliphatic rings. The average Bonchev–Trinajstić information content (AvgIpc) is 2.47. The molecule has 0 radical (unpaired) electrons. The van der Waals surface area contributed by atoms with Gasteiger partial charge in [-0.2, -0.15) is 0 Å². The van der Waals surface area contributed by atoms with Crippen LogP contribution in [-0.4, -0.2) is 29.1 Å². The van der Waals surface area contributed by atoms with E-state index in [1.807, 2.05) is 6.92 Å². The number of hydrogen-bond acceptors (Lipinski definition) is 2. The molecule has 1 heterocycles. The molecule has 0 spiro atoms. The molecule has 1 aliphatic heterocycles. The van der Waals surface area contributed by atoms with Gasteiger partial charge in [0.2, 0.25) is 5.91 Å². The maximum absolute atomic E-state index is 12.2. The van der Waals surface area contributed by atoms with Crippen LogP contribution in [-0.2, 0) is 4.79 Å². The molecule has 94 valence electrons. The third kappa shape index (κ3) is 2.40. The molecule has 0 saturated carbocycles.